The monoisotopic (exact) mass is 253 g/mol. The molecule has 100 valence electrons. The summed E-state index contributed by atoms with van der Waals surface area (Å²) in [4.78, 5) is 0. The van der Waals surface area contributed by atoms with Gasteiger partial charge in [-0.25, -0.2) is 4.39 Å². The van der Waals surface area contributed by atoms with Crippen LogP contribution < -0.4 is 10.1 Å². The Morgan fingerprint density at radius 2 is 2.28 bits per heavy atom. The summed E-state index contributed by atoms with van der Waals surface area (Å²) in [7, 11) is 0. The van der Waals surface area contributed by atoms with E-state index in [9.17, 15) is 4.39 Å². The maximum atomic E-state index is 13.2. The molecule has 4 heteroatoms. The average Bonchev–Trinajstić information content (AvgIpc) is 2.27. The summed E-state index contributed by atoms with van der Waals surface area (Å²) in [6, 6.07) is 4.82. The molecular formula is C14H20FNO2. The molecule has 0 bridgehead atoms. The van der Waals surface area contributed by atoms with E-state index in [1.807, 2.05) is 13.8 Å². The molecule has 2 rings (SSSR count). The van der Waals surface area contributed by atoms with E-state index < -0.39 is 0 Å². The number of benzene rings is 1. The van der Waals surface area contributed by atoms with Gasteiger partial charge in [0, 0.05) is 30.7 Å². The van der Waals surface area contributed by atoms with Gasteiger partial charge in [-0.2, -0.15) is 0 Å². The van der Waals surface area contributed by atoms with Crippen LogP contribution >= 0.6 is 0 Å². The Kier molecular flexibility index (Phi) is 3.88. The van der Waals surface area contributed by atoms with Crippen LogP contribution in [0.3, 0.4) is 0 Å². The number of nitrogens with one attached hydrogen (secondary N) is 1. The number of rotatable bonds is 4. The number of hydrogen-bond donors (Lipinski definition) is 2. The first-order valence-corrected chi connectivity index (χ1v) is 6.34. The van der Waals surface area contributed by atoms with E-state index in [0.717, 1.165) is 18.5 Å². The first kappa shape index (κ1) is 13.3. The molecule has 0 saturated heterocycles. The fourth-order valence-corrected chi connectivity index (χ4v) is 2.36. The Morgan fingerprint density at radius 3 is 3.00 bits per heavy atom. The van der Waals surface area contributed by atoms with Crippen LogP contribution in [-0.2, 0) is 0 Å². The van der Waals surface area contributed by atoms with Crippen LogP contribution in [0.4, 0.5) is 4.39 Å². The van der Waals surface area contributed by atoms with Crippen LogP contribution in [0, 0.1) is 5.82 Å². The van der Waals surface area contributed by atoms with Crippen LogP contribution in [0.2, 0.25) is 0 Å². The van der Waals surface area contributed by atoms with Gasteiger partial charge in [-0.1, -0.05) is 6.07 Å². The molecule has 2 N–H and O–H groups in total. The van der Waals surface area contributed by atoms with Crippen molar-refractivity contribution >= 4 is 0 Å². The second kappa shape index (κ2) is 5.24. The highest BCUT2D eigenvalue weighted by molar-refractivity contribution is 5.39. The van der Waals surface area contributed by atoms with Gasteiger partial charge in [-0.15, -0.1) is 0 Å². The predicted molar refractivity (Wildman–Crippen MR) is 68.2 cm³/mol. The van der Waals surface area contributed by atoms with Crippen molar-refractivity contribution in [1.82, 2.24) is 5.32 Å². The lowest BCUT2D eigenvalue weighted by Crippen LogP contribution is -2.39. The van der Waals surface area contributed by atoms with Gasteiger partial charge in [0.1, 0.15) is 17.2 Å². The van der Waals surface area contributed by atoms with Crippen LogP contribution in [0.25, 0.3) is 0 Å². The third-order valence-corrected chi connectivity index (χ3v) is 3.16. The number of aliphatic hydroxyl groups excluding tert-OH is 1. The van der Waals surface area contributed by atoms with Gasteiger partial charge in [-0.05, 0) is 32.9 Å². The fraction of sp³-hybridized carbons (Fsp3) is 0.571. The van der Waals surface area contributed by atoms with Crippen molar-refractivity contribution < 1.29 is 14.2 Å². The summed E-state index contributed by atoms with van der Waals surface area (Å²) in [5.74, 6) is 0.341. The minimum Gasteiger partial charge on any atom is -0.487 e. The Hall–Kier alpha value is -1.13. The summed E-state index contributed by atoms with van der Waals surface area (Å²) < 4.78 is 19.1. The lowest BCUT2D eigenvalue weighted by atomic mass is 9.89. The average molecular weight is 253 g/mol. The summed E-state index contributed by atoms with van der Waals surface area (Å²) in [5, 5.41) is 12.2. The first-order chi connectivity index (χ1) is 8.52. The SMILES string of the molecule is CC1(C)CC(NCCCO)c2ccc(F)cc2O1. The molecule has 3 nitrogen and oxygen atoms in total. The van der Waals surface area contributed by atoms with E-state index in [-0.39, 0.29) is 24.1 Å². The van der Waals surface area contributed by atoms with Crippen molar-refractivity contribution in [2.45, 2.75) is 38.3 Å². The van der Waals surface area contributed by atoms with Gasteiger partial charge < -0.3 is 15.2 Å². The number of ether oxygens (including phenoxy) is 1. The number of halogens is 1. The minimum absolute atomic E-state index is 0.149. The van der Waals surface area contributed by atoms with E-state index in [0.29, 0.717) is 12.2 Å². The van der Waals surface area contributed by atoms with Crippen molar-refractivity contribution in [3.8, 4) is 5.75 Å². The molecule has 1 aromatic carbocycles. The molecule has 0 aromatic heterocycles. The van der Waals surface area contributed by atoms with Crippen molar-refractivity contribution in [1.29, 1.82) is 0 Å². The highest BCUT2D eigenvalue weighted by Crippen LogP contribution is 2.39. The zero-order valence-electron chi connectivity index (χ0n) is 10.9. The van der Waals surface area contributed by atoms with E-state index in [1.54, 1.807) is 6.07 Å². The Labute approximate surface area is 107 Å². The Balaban J connectivity index is 2.20. The molecule has 1 unspecified atom stereocenters. The Morgan fingerprint density at radius 1 is 1.50 bits per heavy atom. The molecule has 1 atom stereocenters. The third kappa shape index (κ3) is 3.00. The van der Waals surface area contributed by atoms with Gasteiger partial charge in [-0.3, -0.25) is 0 Å². The molecule has 0 spiro atoms. The van der Waals surface area contributed by atoms with Crippen LogP contribution in [0.1, 0.15) is 38.3 Å². The van der Waals surface area contributed by atoms with E-state index >= 15 is 0 Å². The van der Waals surface area contributed by atoms with Gasteiger partial charge in [0.2, 0.25) is 0 Å². The normalized spacial score (nSPS) is 21.2. The maximum Gasteiger partial charge on any atom is 0.127 e. The van der Waals surface area contributed by atoms with E-state index in [2.05, 4.69) is 5.32 Å². The molecule has 0 radical (unpaired) electrons. The molecule has 0 aliphatic carbocycles. The van der Waals surface area contributed by atoms with E-state index in [1.165, 1.54) is 12.1 Å². The maximum absolute atomic E-state index is 13.2. The quantitative estimate of drug-likeness (QED) is 0.810. The smallest absolute Gasteiger partial charge is 0.127 e. The molecule has 18 heavy (non-hydrogen) atoms. The third-order valence-electron chi connectivity index (χ3n) is 3.16. The highest BCUT2D eigenvalue weighted by Gasteiger charge is 2.33. The molecule has 1 heterocycles. The van der Waals surface area contributed by atoms with Gasteiger partial charge >= 0.3 is 0 Å². The second-order valence-electron chi connectivity index (χ2n) is 5.33. The number of aliphatic hydroxyl groups is 1. The van der Waals surface area contributed by atoms with Gasteiger partial charge in [0.25, 0.3) is 0 Å². The topological polar surface area (TPSA) is 41.5 Å². The fourth-order valence-electron chi connectivity index (χ4n) is 2.36. The van der Waals surface area contributed by atoms with Crippen molar-refractivity contribution in [3.63, 3.8) is 0 Å². The van der Waals surface area contributed by atoms with Crippen molar-refractivity contribution in [3.05, 3.63) is 29.6 Å². The van der Waals surface area contributed by atoms with Crippen molar-refractivity contribution in [2.24, 2.45) is 0 Å². The first-order valence-electron chi connectivity index (χ1n) is 6.34. The summed E-state index contributed by atoms with van der Waals surface area (Å²) in [6.07, 6.45) is 1.55. The van der Waals surface area contributed by atoms with Crippen LogP contribution in [0.5, 0.6) is 5.75 Å². The Bertz CT molecular complexity index is 420. The summed E-state index contributed by atoms with van der Waals surface area (Å²) in [6.45, 7) is 4.92. The lowest BCUT2D eigenvalue weighted by molar-refractivity contribution is 0.0653. The molecule has 1 aliphatic heterocycles. The van der Waals surface area contributed by atoms with Crippen LogP contribution in [-0.4, -0.2) is 23.9 Å². The molecule has 1 aromatic rings. The van der Waals surface area contributed by atoms with Crippen LogP contribution in [0.15, 0.2) is 18.2 Å². The molecule has 0 amide bonds. The zero-order valence-corrected chi connectivity index (χ0v) is 10.9. The standard InChI is InChI=1S/C14H20FNO2/c1-14(2)9-12(16-6-3-7-17)11-5-4-10(15)8-13(11)18-14/h4-5,8,12,16-17H,3,6-7,9H2,1-2H3. The summed E-state index contributed by atoms with van der Waals surface area (Å²) >= 11 is 0. The second-order valence-corrected chi connectivity index (χ2v) is 5.33. The number of fused-ring (bicyclic) bond motifs is 1. The largest absolute Gasteiger partial charge is 0.487 e. The lowest BCUT2D eigenvalue weighted by Gasteiger charge is -2.38. The van der Waals surface area contributed by atoms with E-state index in [4.69, 9.17) is 9.84 Å². The van der Waals surface area contributed by atoms with Gasteiger partial charge in [0.15, 0.2) is 0 Å². The molecule has 0 saturated carbocycles. The highest BCUT2D eigenvalue weighted by atomic mass is 19.1. The molecule has 0 fully saturated rings. The molecular weight excluding hydrogens is 233 g/mol. The van der Waals surface area contributed by atoms with Crippen molar-refractivity contribution in [2.75, 3.05) is 13.2 Å². The minimum atomic E-state index is -0.308. The van der Waals surface area contributed by atoms with Gasteiger partial charge in [0.05, 0.1) is 0 Å². The molecule has 1 aliphatic rings. The summed E-state index contributed by atoms with van der Waals surface area (Å²) in [5.41, 5.74) is 0.686. The zero-order chi connectivity index (χ0) is 13.2. The number of hydrogen-bond acceptors (Lipinski definition) is 3. The predicted octanol–water partition coefficient (Wildman–Crippen LogP) is 2.40.